The fourth-order valence-electron chi connectivity index (χ4n) is 2.26. The van der Waals surface area contributed by atoms with Crippen molar-refractivity contribution in [3.63, 3.8) is 0 Å². The number of methoxy groups -OCH3 is 2. The number of benzene rings is 1. The monoisotopic (exact) mass is 324 g/mol. The van der Waals surface area contributed by atoms with Gasteiger partial charge in [-0.15, -0.1) is 0 Å². The van der Waals surface area contributed by atoms with Crippen molar-refractivity contribution in [2.45, 2.75) is 0 Å². The van der Waals surface area contributed by atoms with Crippen molar-refractivity contribution in [2.75, 3.05) is 39.2 Å². The highest BCUT2D eigenvalue weighted by Crippen LogP contribution is 2.29. The van der Waals surface area contributed by atoms with Crippen molar-refractivity contribution in [1.29, 1.82) is 0 Å². The first-order chi connectivity index (χ1) is 11.0. The number of anilines is 1. The topological polar surface area (TPSA) is 88.1 Å². The van der Waals surface area contributed by atoms with Crippen LogP contribution in [-0.2, 0) is 14.3 Å². The Bertz CT molecular complexity index is 659. The summed E-state index contributed by atoms with van der Waals surface area (Å²) < 4.78 is 23.2. The number of aliphatic hydroxyl groups excluding tert-OH is 1. The number of rotatable bonds is 6. The summed E-state index contributed by atoms with van der Waals surface area (Å²) in [6, 6.07) is 3.78. The van der Waals surface area contributed by atoms with Gasteiger partial charge in [0, 0.05) is 12.6 Å². The van der Waals surface area contributed by atoms with Crippen molar-refractivity contribution in [3.8, 4) is 5.75 Å². The molecule has 0 radical (unpaired) electrons. The summed E-state index contributed by atoms with van der Waals surface area (Å²) in [4.78, 5) is 25.5. The molecule has 0 aromatic heterocycles. The van der Waals surface area contributed by atoms with Gasteiger partial charge in [0.1, 0.15) is 17.3 Å². The second-order valence-electron chi connectivity index (χ2n) is 4.77. The molecule has 7 nitrogen and oxygen atoms in total. The van der Waals surface area contributed by atoms with Gasteiger partial charge >= 0.3 is 5.97 Å². The minimum absolute atomic E-state index is 0.00598. The minimum atomic E-state index is -0.670. The molecule has 2 rings (SSSR count). The molecule has 1 aliphatic rings. The van der Waals surface area contributed by atoms with Gasteiger partial charge in [-0.1, -0.05) is 0 Å². The van der Waals surface area contributed by atoms with E-state index < -0.39 is 17.7 Å². The maximum atomic E-state index is 13.4. The second-order valence-corrected chi connectivity index (χ2v) is 4.77. The number of esters is 1. The van der Waals surface area contributed by atoms with Gasteiger partial charge in [-0.05, 0) is 12.1 Å². The molecule has 1 aromatic carbocycles. The molecule has 0 saturated carbocycles. The van der Waals surface area contributed by atoms with Crippen LogP contribution in [-0.4, -0.2) is 55.8 Å². The summed E-state index contributed by atoms with van der Waals surface area (Å²) >= 11 is 0. The Morgan fingerprint density at radius 3 is 2.78 bits per heavy atom. The summed E-state index contributed by atoms with van der Waals surface area (Å²) in [7, 11) is 2.61. The van der Waals surface area contributed by atoms with Gasteiger partial charge in [-0.2, -0.15) is 0 Å². The van der Waals surface area contributed by atoms with E-state index in [0.717, 1.165) is 6.07 Å². The summed E-state index contributed by atoms with van der Waals surface area (Å²) in [6.45, 7) is -0.159. The maximum absolute atomic E-state index is 13.4. The molecule has 124 valence electrons. The Morgan fingerprint density at radius 2 is 2.17 bits per heavy atom. The zero-order valence-corrected chi connectivity index (χ0v) is 12.8. The summed E-state index contributed by atoms with van der Waals surface area (Å²) in [5.74, 6) is -1.36. The highest BCUT2D eigenvalue weighted by molar-refractivity contribution is 6.08. The van der Waals surface area contributed by atoms with E-state index in [1.807, 2.05) is 0 Å². The SMILES string of the molecule is COC(=O)C1=C(Nc2cc(F)ccc2OC)C(=O)N(CCO)C1. The highest BCUT2D eigenvalue weighted by atomic mass is 19.1. The molecule has 0 unspecified atom stereocenters. The van der Waals surface area contributed by atoms with Crippen LogP contribution < -0.4 is 10.1 Å². The van der Waals surface area contributed by atoms with Crippen LogP contribution >= 0.6 is 0 Å². The standard InChI is InChI=1S/C15H17FN2O5/c1-22-12-4-3-9(16)7-11(12)17-13-10(15(21)23-2)8-18(5-6-19)14(13)20/h3-4,7,17,19H,5-6,8H2,1-2H3. The average Bonchev–Trinajstić information content (AvgIpc) is 2.84. The van der Waals surface area contributed by atoms with Crippen LogP contribution in [0, 0.1) is 5.82 Å². The van der Waals surface area contributed by atoms with E-state index in [4.69, 9.17) is 9.84 Å². The van der Waals surface area contributed by atoms with Gasteiger partial charge in [-0.25, -0.2) is 9.18 Å². The van der Waals surface area contributed by atoms with E-state index in [1.165, 1.54) is 31.3 Å². The van der Waals surface area contributed by atoms with E-state index in [-0.39, 0.29) is 36.7 Å². The number of nitrogens with one attached hydrogen (secondary N) is 1. The third kappa shape index (κ3) is 3.42. The molecule has 0 fully saturated rings. The number of hydrogen-bond acceptors (Lipinski definition) is 6. The van der Waals surface area contributed by atoms with E-state index in [0.29, 0.717) is 5.75 Å². The van der Waals surface area contributed by atoms with Crippen molar-refractivity contribution in [3.05, 3.63) is 35.3 Å². The number of ether oxygens (including phenoxy) is 2. The van der Waals surface area contributed by atoms with Gasteiger partial charge in [0.15, 0.2) is 0 Å². The van der Waals surface area contributed by atoms with E-state index >= 15 is 0 Å². The van der Waals surface area contributed by atoms with Gasteiger partial charge in [0.05, 0.1) is 38.6 Å². The zero-order chi connectivity index (χ0) is 17.0. The molecular weight excluding hydrogens is 307 g/mol. The second kappa shape index (κ2) is 7.10. The molecule has 0 aliphatic carbocycles. The first kappa shape index (κ1) is 16.8. The fraction of sp³-hybridized carbons (Fsp3) is 0.333. The lowest BCUT2D eigenvalue weighted by atomic mass is 10.2. The lowest BCUT2D eigenvalue weighted by Gasteiger charge is -2.15. The van der Waals surface area contributed by atoms with E-state index in [1.54, 1.807) is 0 Å². The normalized spacial score (nSPS) is 14.3. The largest absolute Gasteiger partial charge is 0.495 e. The van der Waals surface area contributed by atoms with Gasteiger partial charge in [0.2, 0.25) is 0 Å². The summed E-state index contributed by atoms with van der Waals surface area (Å²) in [5.41, 5.74) is 0.301. The van der Waals surface area contributed by atoms with Crippen LogP contribution in [0.3, 0.4) is 0 Å². The average molecular weight is 324 g/mol. The van der Waals surface area contributed by atoms with Crippen LogP contribution in [0.25, 0.3) is 0 Å². The van der Waals surface area contributed by atoms with Crippen molar-refractivity contribution in [2.24, 2.45) is 0 Å². The molecule has 8 heteroatoms. The smallest absolute Gasteiger partial charge is 0.337 e. The Kier molecular flexibility index (Phi) is 5.17. The molecule has 23 heavy (non-hydrogen) atoms. The lowest BCUT2D eigenvalue weighted by molar-refractivity contribution is -0.136. The summed E-state index contributed by atoms with van der Waals surface area (Å²) in [6.07, 6.45) is 0. The third-order valence-electron chi connectivity index (χ3n) is 3.37. The van der Waals surface area contributed by atoms with Crippen LogP contribution in [0.4, 0.5) is 10.1 Å². The van der Waals surface area contributed by atoms with Crippen LogP contribution in [0.15, 0.2) is 29.5 Å². The Hall–Kier alpha value is -2.61. The molecule has 1 heterocycles. The van der Waals surface area contributed by atoms with Crippen LogP contribution in [0.5, 0.6) is 5.75 Å². The van der Waals surface area contributed by atoms with Crippen LogP contribution in [0.2, 0.25) is 0 Å². The number of nitrogens with zero attached hydrogens (tertiary/aromatic N) is 1. The molecule has 2 N–H and O–H groups in total. The molecule has 1 aliphatic heterocycles. The predicted octanol–water partition coefficient (Wildman–Crippen LogP) is 0.508. The fourth-order valence-corrected chi connectivity index (χ4v) is 2.26. The quantitative estimate of drug-likeness (QED) is 0.741. The van der Waals surface area contributed by atoms with Crippen molar-refractivity contribution < 1.29 is 28.6 Å². The van der Waals surface area contributed by atoms with Gasteiger partial charge in [0.25, 0.3) is 5.91 Å². The molecule has 0 bridgehead atoms. The summed E-state index contributed by atoms with van der Waals surface area (Å²) in [5, 5.41) is 11.7. The molecule has 0 saturated heterocycles. The molecule has 0 atom stereocenters. The molecular formula is C15H17FN2O5. The predicted molar refractivity (Wildman–Crippen MR) is 79.3 cm³/mol. The maximum Gasteiger partial charge on any atom is 0.337 e. The number of amides is 1. The molecule has 0 spiro atoms. The molecule has 1 amide bonds. The third-order valence-corrected chi connectivity index (χ3v) is 3.37. The minimum Gasteiger partial charge on any atom is -0.495 e. The van der Waals surface area contributed by atoms with Crippen molar-refractivity contribution in [1.82, 2.24) is 4.90 Å². The van der Waals surface area contributed by atoms with E-state index in [2.05, 4.69) is 10.1 Å². The highest BCUT2D eigenvalue weighted by Gasteiger charge is 2.34. The number of carbonyl (C=O) groups is 2. The Labute approximate surface area is 132 Å². The van der Waals surface area contributed by atoms with Gasteiger partial charge < -0.3 is 24.8 Å². The van der Waals surface area contributed by atoms with Crippen molar-refractivity contribution >= 4 is 17.6 Å². The van der Waals surface area contributed by atoms with E-state index in [9.17, 15) is 14.0 Å². The number of hydrogen-bond donors (Lipinski definition) is 2. The Morgan fingerprint density at radius 1 is 1.43 bits per heavy atom. The lowest BCUT2D eigenvalue weighted by Crippen LogP contribution is -2.31. The number of carbonyl (C=O) groups excluding carboxylic acids is 2. The number of aliphatic hydroxyl groups is 1. The first-order valence-electron chi connectivity index (χ1n) is 6.84. The number of halogens is 1. The first-order valence-corrected chi connectivity index (χ1v) is 6.84. The Balaban J connectivity index is 2.39. The zero-order valence-electron chi connectivity index (χ0n) is 12.8. The number of β-amino-alcohol motifs (C(OH)–C–C–N with tert-alkyl or cyclic N) is 1. The van der Waals surface area contributed by atoms with Crippen LogP contribution in [0.1, 0.15) is 0 Å². The van der Waals surface area contributed by atoms with Gasteiger partial charge in [-0.3, -0.25) is 4.79 Å². The molecule has 1 aromatic rings.